The fourth-order valence-corrected chi connectivity index (χ4v) is 10.0. The number of esters is 1. The maximum Gasteiger partial charge on any atom is 0.410 e. The van der Waals surface area contributed by atoms with Crippen molar-refractivity contribution in [1.29, 1.82) is 0 Å². The maximum absolute atomic E-state index is 14.0. The van der Waals surface area contributed by atoms with Gasteiger partial charge in [0, 0.05) is 79.1 Å². The molecule has 19 nitrogen and oxygen atoms in total. The van der Waals surface area contributed by atoms with Crippen molar-refractivity contribution >= 4 is 57.0 Å². The van der Waals surface area contributed by atoms with E-state index in [2.05, 4.69) is 9.62 Å². The lowest BCUT2D eigenvalue weighted by molar-refractivity contribution is -0.385. The number of likely N-dealkylation sites (N-methyl/N-ethyl adjacent to an activating group) is 1. The van der Waals surface area contributed by atoms with E-state index >= 15 is 0 Å². The van der Waals surface area contributed by atoms with Crippen LogP contribution in [0, 0.1) is 32.1 Å². The quantitative estimate of drug-likeness (QED) is 0.132. The Bertz CT molecular complexity index is 2070. The lowest BCUT2D eigenvalue weighted by Gasteiger charge is -2.47. The number of rotatable bonds is 13. The molecule has 0 spiro atoms. The molecule has 0 saturated carbocycles. The largest absolute Gasteiger partial charge is 0.456 e. The number of fused-ring (bicyclic) bond motifs is 1. The molecule has 4 aliphatic rings. The number of carbonyl (C=O) groups is 4. The van der Waals surface area contributed by atoms with E-state index < -0.39 is 73.1 Å². The summed E-state index contributed by atoms with van der Waals surface area (Å²) in [4.78, 5) is 83.5. The van der Waals surface area contributed by atoms with Gasteiger partial charge in [-0.15, -0.1) is 11.8 Å². The number of ether oxygens (including phenoxy) is 2. The van der Waals surface area contributed by atoms with Crippen LogP contribution in [0.15, 0.2) is 59.1 Å². The molecule has 3 fully saturated rings. The van der Waals surface area contributed by atoms with Gasteiger partial charge < -0.3 is 24.2 Å². The molecule has 1 N–H and O–H groups in total. The van der Waals surface area contributed by atoms with E-state index in [9.17, 15) is 47.8 Å². The van der Waals surface area contributed by atoms with Crippen LogP contribution in [0.5, 0.6) is 0 Å². The van der Waals surface area contributed by atoms with Crippen LogP contribution in [0.1, 0.15) is 31.4 Å². The van der Waals surface area contributed by atoms with E-state index in [4.69, 9.17) is 9.47 Å². The standard InChI is InChI=1S/C36H43N7O12S2/c1-21-30-29(22(2)37-57(4,52)53)34(45)41(30)31(35(46)54-19-23-5-9-25(10-6-23)42(48)49)32(21)56-27-17-28(33(44)39-15-13-38(3)14-16-39)40(18-27)36(47)55-20-24-7-11-26(12-8-24)43(50)51/h5-12,21-22,27-30,37H,13-20H2,1-4H3/t21-,22-,27+,28+,29-,30-/m1/s1. The van der Waals surface area contributed by atoms with E-state index in [1.807, 2.05) is 14.0 Å². The van der Waals surface area contributed by atoms with Gasteiger partial charge >= 0.3 is 12.1 Å². The minimum atomic E-state index is -3.68. The molecule has 6 rings (SSSR count). The number of β-lactam (4-membered cyclic amide) rings is 1. The van der Waals surface area contributed by atoms with E-state index in [0.29, 0.717) is 42.2 Å². The number of amides is 3. The van der Waals surface area contributed by atoms with Crippen LogP contribution in [0.2, 0.25) is 0 Å². The van der Waals surface area contributed by atoms with Crippen molar-refractivity contribution in [2.24, 2.45) is 11.8 Å². The maximum atomic E-state index is 14.0. The van der Waals surface area contributed by atoms with Crippen molar-refractivity contribution in [3.63, 3.8) is 0 Å². The first kappa shape index (κ1) is 41.5. The molecule has 3 saturated heterocycles. The van der Waals surface area contributed by atoms with Gasteiger partial charge in [0.1, 0.15) is 25.0 Å². The molecule has 6 atom stereocenters. The van der Waals surface area contributed by atoms with Gasteiger partial charge in [0.25, 0.3) is 11.4 Å². The number of piperazine rings is 1. The molecule has 57 heavy (non-hydrogen) atoms. The Morgan fingerprint density at radius 3 is 2.00 bits per heavy atom. The smallest absolute Gasteiger partial charge is 0.410 e. The third kappa shape index (κ3) is 9.05. The number of likely N-dealkylation sites (tertiary alicyclic amines) is 1. The van der Waals surface area contributed by atoms with Crippen molar-refractivity contribution < 1.29 is 46.9 Å². The first-order valence-electron chi connectivity index (χ1n) is 18.2. The van der Waals surface area contributed by atoms with Crippen molar-refractivity contribution in [1.82, 2.24) is 24.3 Å². The average Bonchev–Trinajstić information content (AvgIpc) is 3.69. The molecule has 0 unspecified atom stereocenters. The van der Waals surface area contributed by atoms with Gasteiger partial charge in [-0.2, -0.15) is 0 Å². The fraction of sp³-hybridized carbons (Fsp3) is 0.500. The zero-order chi connectivity index (χ0) is 41.3. The summed E-state index contributed by atoms with van der Waals surface area (Å²) in [7, 11) is -1.73. The molecule has 4 aliphatic heterocycles. The first-order valence-corrected chi connectivity index (χ1v) is 21.0. The molecular formula is C36H43N7O12S2. The van der Waals surface area contributed by atoms with Crippen LogP contribution in [-0.4, -0.2) is 131 Å². The number of non-ortho nitro benzene ring substituents is 2. The fourth-order valence-electron chi connectivity index (χ4n) is 7.71. The number of hydrogen-bond donors (Lipinski definition) is 1. The molecule has 2 aromatic carbocycles. The van der Waals surface area contributed by atoms with E-state index in [0.717, 1.165) is 6.26 Å². The predicted octanol–water partition coefficient (Wildman–Crippen LogP) is 2.46. The second-order valence-electron chi connectivity index (χ2n) is 14.7. The van der Waals surface area contributed by atoms with Gasteiger partial charge in [0.2, 0.25) is 21.8 Å². The lowest BCUT2D eigenvalue weighted by Crippen LogP contribution is -2.66. The van der Waals surface area contributed by atoms with Gasteiger partial charge in [0.15, 0.2) is 0 Å². The van der Waals surface area contributed by atoms with Gasteiger partial charge in [-0.3, -0.25) is 34.7 Å². The van der Waals surface area contributed by atoms with Crippen LogP contribution in [0.25, 0.3) is 0 Å². The molecule has 0 aliphatic carbocycles. The number of sulfonamides is 1. The highest BCUT2D eigenvalue weighted by Crippen LogP contribution is 2.52. The first-order chi connectivity index (χ1) is 26.9. The Balaban J connectivity index is 1.25. The minimum absolute atomic E-state index is 0.0200. The van der Waals surface area contributed by atoms with E-state index in [1.165, 1.54) is 70.1 Å². The molecule has 0 aromatic heterocycles. The van der Waals surface area contributed by atoms with Gasteiger partial charge in [-0.05, 0) is 55.8 Å². The zero-order valence-corrected chi connectivity index (χ0v) is 33.3. The second-order valence-corrected chi connectivity index (χ2v) is 17.8. The highest BCUT2D eigenvalue weighted by molar-refractivity contribution is 8.03. The van der Waals surface area contributed by atoms with Gasteiger partial charge in [-0.1, -0.05) is 6.92 Å². The highest BCUT2D eigenvalue weighted by Gasteiger charge is 2.61. The van der Waals surface area contributed by atoms with Crippen LogP contribution in [-0.2, 0) is 47.1 Å². The van der Waals surface area contributed by atoms with Crippen LogP contribution in [0.3, 0.4) is 0 Å². The molecule has 3 amide bonds. The number of nitrogens with zero attached hydrogens (tertiary/aromatic N) is 6. The van der Waals surface area contributed by atoms with E-state index in [-0.39, 0.29) is 49.2 Å². The Morgan fingerprint density at radius 2 is 1.47 bits per heavy atom. The van der Waals surface area contributed by atoms with Crippen LogP contribution in [0.4, 0.5) is 16.2 Å². The van der Waals surface area contributed by atoms with Crippen molar-refractivity contribution in [3.8, 4) is 0 Å². The second kappa shape index (κ2) is 16.8. The summed E-state index contributed by atoms with van der Waals surface area (Å²) in [5, 5.41) is 21.7. The zero-order valence-electron chi connectivity index (χ0n) is 31.6. The van der Waals surface area contributed by atoms with Crippen molar-refractivity contribution in [3.05, 3.63) is 90.5 Å². The Kier molecular flexibility index (Phi) is 12.2. The van der Waals surface area contributed by atoms with Crippen molar-refractivity contribution in [2.75, 3.05) is 46.0 Å². The number of thioether (sulfide) groups is 1. The van der Waals surface area contributed by atoms with E-state index in [1.54, 1.807) is 11.8 Å². The minimum Gasteiger partial charge on any atom is -0.456 e. The molecule has 0 radical (unpaired) electrons. The SMILES string of the molecule is C[C@@H](NS(C)(=O)=O)[C@H]1C(=O)N2C(C(=O)OCc3ccc([N+](=O)[O-])cc3)=C(S[C@H]3C[C@@H](C(=O)N4CCN(C)CC4)N(C(=O)OCc4ccc([N+](=O)[O-])cc4)C3)[C@H](C)[C@H]12. The van der Waals surface area contributed by atoms with Gasteiger partial charge in [-0.25, -0.2) is 22.7 Å². The molecule has 21 heteroatoms. The summed E-state index contributed by atoms with van der Waals surface area (Å²) in [6.07, 6.45) is 0.420. The summed E-state index contributed by atoms with van der Waals surface area (Å²) in [5.41, 5.74) is 0.693. The molecule has 4 heterocycles. The van der Waals surface area contributed by atoms with Crippen LogP contribution >= 0.6 is 11.8 Å². The number of carbonyl (C=O) groups excluding carboxylic acids is 4. The topological polar surface area (TPSA) is 232 Å². The Morgan fingerprint density at radius 1 is 0.930 bits per heavy atom. The number of nitro groups is 2. The average molecular weight is 830 g/mol. The molecular weight excluding hydrogens is 787 g/mol. The third-order valence-electron chi connectivity index (χ3n) is 10.6. The monoisotopic (exact) mass is 829 g/mol. The van der Waals surface area contributed by atoms with Gasteiger partial charge in [0.05, 0.1) is 28.1 Å². The third-order valence-corrected chi connectivity index (χ3v) is 12.9. The van der Waals surface area contributed by atoms with Crippen LogP contribution < -0.4 is 4.72 Å². The Labute approximate surface area is 332 Å². The predicted molar refractivity (Wildman–Crippen MR) is 204 cm³/mol. The molecule has 306 valence electrons. The summed E-state index contributed by atoms with van der Waals surface area (Å²) in [5.74, 6) is -2.83. The summed E-state index contributed by atoms with van der Waals surface area (Å²) < 4.78 is 38.0. The molecule has 0 bridgehead atoms. The summed E-state index contributed by atoms with van der Waals surface area (Å²) >= 11 is 1.25. The molecule has 2 aromatic rings. The highest BCUT2D eigenvalue weighted by atomic mass is 32.2. The number of benzene rings is 2. The summed E-state index contributed by atoms with van der Waals surface area (Å²) in [6.45, 7) is 5.21. The number of hydrogen-bond acceptors (Lipinski definition) is 14. The lowest BCUT2D eigenvalue weighted by atomic mass is 9.78. The van der Waals surface area contributed by atoms with Crippen molar-refractivity contribution in [2.45, 2.75) is 56.9 Å². The Hall–Kier alpha value is -5.12. The number of nitro benzene ring substituents is 2. The normalized spacial score (nSPS) is 24.2. The number of nitrogens with one attached hydrogen (secondary N) is 1. The summed E-state index contributed by atoms with van der Waals surface area (Å²) in [6, 6.07) is 8.70.